The number of hydrogen-bond donors (Lipinski definition) is 0. The number of esters is 1. The van der Waals surface area contributed by atoms with Crippen molar-refractivity contribution < 1.29 is 17.9 Å². The molecule has 2 aromatic rings. The third kappa shape index (κ3) is 5.51. The van der Waals surface area contributed by atoms with Gasteiger partial charge in [0.1, 0.15) is 13.2 Å². The normalized spacial score (nSPS) is 11.2. The Labute approximate surface area is 153 Å². The lowest BCUT2D eigenvalue weighted by Gasteiger charge is -2.23. The van der Waals surface area contributed by atoms with Crippen molar-refractivity contribution in [2.75, 3.05) is 23.4 Å². The molecule has 0 fully saturated rings. The van der Waals surface area contributed by atoms with Gasteiger partial charge in [-0.25, -0.2) is 8.42 Å². The number of carbonyl (C=O) groups is 1. The van der Waals surface area contributed by atoms with Crippen molar-refractivity contribution in [3.63, 3.8) is 0 Å². The van der Waals surface area contributed by atoms with Gasteiger partial charge < -0.3 is 4.74 Å². The van der Waals surface area contributed by atoms with E-state index < -0.39 is 16.0 Å². The van der Waals surface area contributed by atoms with Crippen LogP contribution in [0.3, 0.4) is 0 Å². The number of ether oxygens (including phenoxy) is 1. The minimum Gasteiger partial charge on any atom is -0.459 e. The van der Waals surface area contributed by atoms with Crippen LogP contribution < -0.4 is 4.31 Å². The highest BCUT2D eigenvalue weighted by molar-refractivity contribution is 7.98. The van der Waals surface area contributed by atoms with Gasteiger partial charge in [-0.15, -0.1) is 11.8 Å². The Morgan fingerprint density at radius 2 is 1.76 bits per heavy atom. The van der Waals surface area contributed by atoms with E-state index in [1.165, 1.54) is 0 Å². The number of benzene rings is 2. The van der Waals surface area contributed by atoms with Gasteiger partial charge >= 0.3 is 5.97 Å². The van der Waals surface area contributed by atoms with Crippen LogP contribution in [-0.2, 0) is 26.2 Å². The molecule has 0 heterocycles. The van der Waals surface area contributed by atoms with E-state index in [-0.39, 0.29) is 13.2 Å². The fourth-order valence-corrected chi connectivity index (χ4v) is 3.58. The molecule has 0 saturated carbocycles. The molecule has 0 N–H and O–H groups in total. The molecule has 0 saturated heterocycles. The Morgan fingerprint density at radius 3 is 2.32 bits per heavy atom. The van der Waals surface area contributed by atoms with Gasteiger partial charge in [0.2, 0.25) is 10.0 Å². The predicted octanol–water partition coefficient (Wildman–Crippen LogP) is 3.23. The van der Waals surface area contributed by atoms with E-state index in [9.17, 15) is 13.2 Å². The number of thioether (sulfide) groups is 1. The molecule has 0 aromatic heterocycles. The van der Waals surface area contributed by atoms with E-state index in [4.69, 9.17) is 4.74 Å². The summed E-state index contributed by atoms with van der Waals surface area (Å²) in [6, 6.07) is 14.7. The number of hydrogen-bond acceptors (Lipinski definition) is 5. The molecular formula is C18H21NO4S2. The second-order valence-corrected chi connectivity index (χ2v) is 8.35. The van der Waals surface area contributed by atoms with Crippen molar-refractivity contribution >= 4 is 33.4 Å². The summed E-state index contributed by atoms with van der Waals surface area (Å²) in [4.78, 5) is 13.3. The van der Waals surface area contributed by atoms with Crippen molar-refractivity contribution in [1.29, 1.82) is 0 Å². The summed E-state index contributed by atoms with van der Waals surface area (Å²) >= 11 is 1.63. The van der Waals surface area contributed by atoms with Crippen LogP contribution in [0.4, 0.5) is 5.69 Å². The highest BCUT2D eigenvalue weighted by atomic mass is 32.2. The summed E-state index contributed by atoms with van der Waals surface area (Å²) in [5.74, 6) is -0.595. The zero-order chi connectivity index (χ0) is 18.4. The monoisotopic (exact) mass is 379 g/mol. The molecule has 0 aliphatic carbocycles. The molecule has 0 spiro atoms. The molecule has 5 nitrogen and oxygen atoms in total. The Hall–Kier alpha value is -1.99. The van der Waals surface area contributed by atoms with E-state index in [1.807, 2.05) is 36.6 Å². The van der Waals surface area contributed by atoms with Gasteiger partial charge in [0.05, 0.1) is 11.9 Å². The molecule has 0 amide bonds. The number of nitrogens with zero attached hydrogens (tertiary/aromatic N) is 1. The summed E-state index contributed by atoms with van der Waals surface area (Å²) in [5, 5.41) is 0. The van der Waals surface area contributed by atoms with E-state index >= 15 is 0 Å². The summed E-state index contributed by atoms with van der Waals surface area (Å²) in [7, 11) is -3.60. The van der Waals surface area contributed by atoms with Crippen LogP contribution in [0.5, 0.6) is 0 Å². The molecular weight excluding hydrogens is 358 g/mol. The molecule has 0 unspecified atom stereocenters. The minimum absolute atomic E-state index is 0.110. The van der Waals surface area contributed by atoms with Gasteiger partial charge in [0.15, 0.2) is 0 Å². The van der Waals surface area contributed by atoms with Gasteiger partial charge in [-0.05, 0) is 42.5 Å². The first-order valence-corrected chi connectivity index (χ1v) is 10.7. The van der Waals surface area contributed by atoms with Crippen LogP contribution >= 0.6 is 11.8 Å². The molecule has 7 heteroatoms. The van der Waals surface area contributed by atoms with Gasteiger partial charge in [-0.3, -0.25) is 9.10 Å². The Balaban J connectivity index is 2.06. The Bertz CT molecular complexity index is 832. The topological polar surface area (TPSA) is 63.7 Å². The molecule has 2 aromatic carbocycles. The van der Waals surface area contributed by atoms with Crippen LogP contribution in [0.15, 0.2) is 53.4 Å². The molecule has 0 radical (unpaired) electrons. The largest absolute Gasteiger partial charge is 0.459 e. The van der Waals surface area contributed by atoms with E-state index in [2.05, 4.69) is 0 Å². The number of aryl methyl sites for hydroxylation is 1. The number of sulfonamides is 1. The van der Waals surface area contributed by atoms with Crippen molar-refractivity contribution in [2.24, 2.45) is 0 Å². The van der Waals surface area contributed by atoms with Crippen LogP contribution in [0.2, 0.25) is 0 Å². The van der Waals surface area contributed by atoms with Crippen LogP contribution in [0.25, 0.3) is 0 Å². The van der Waals surface area contributed by atoms with Crippen molar-refractivity contribution in [2.45, 2.75) is 18.4 Å². The number of para-hydroxylation sites is 1. The van der Waals surface area contributed by atoms with Crippen molar-refractivity contribution in [1.82, 2.24) is 0 Å². The van der Waals surface area contributed by atoms with Gasteiger partial charge in [0, 0.05) is 4.90 Å². The first kappa shape index (κ1) is 19.3. The lowest BCUT2D eigenvalue weighted by Crippen LogP contribution is -2.36. The second-order valence-electron chi connectivity index (χ2n) is 5.56. The maximum atomic E-state index is 12.1. The fraction of sp³-hybridized carbons (Fsp3) is 0.278. The molecule has 0 bridgehead atoms. The number of rotatable bonds is 7. The third-order valence-corrected chi connectivity index (χ3v) is 5.49. The van der Waals surface area contributed by atoms with E-state index in [0.29, 0.717) is 5.69 Å². The average Bonchev–Trinajstić information content (AvgIpc) is 2.58. The summed E-state index contributed by atoms with van der Waals surface area (Å²) in [6.45, 7) is 1.55. The molecule has 2 rings (SSSR count). The van der Waals surface area contributed by atoms with Crippen LogP contribution in [0.1, 0.15) is 11.1 Å². The van der Waals surface area contributed by atoms with Gasteiger partial charge in [0.25, 0.3) is 0 Å². The first-order valence-electron chi connectivity index (χ1n) is 7.63. The smallest absolute Gasteiger partial charge is 0.327 e. The maximum absolute atomic E-state index is 12.1. The van der Waals surface area contributed by atoms with Gasteiger partial charge in [-0.1, -0.05) is 30.3 Å². The first-order chi connectivity index (χ1) is 11.8. The highest BCUT2D eigenvalue weighted by Gasteiger charge is 2.22. The van der Waals surface area contributed by atoms with E-state index in [1.54, 1.807) is 36.9 Å². The third-order valence-electron chi connectivity index (χ3n) is 3.62. The van der Waals surface area contributed by atoms with Crippen molar-refractivity contribution in [3.05, 3.63) is 59.7 Å². The molecule has 0 aliphatic rings. The molecule has 134 valence electrons. The number of anilines is 1. The predicted molar refractivity (Wildman–Crippen MR) is 101 cm³/mol. The zero-order valence-corrected chi connectivity index (χ0v) is 16.1. The summed E-state index contributed by atoms with van der Waals surface area (Å²) < 4.78 is 30.5. The average molecular weight is 380 g/mol. The Morgan fingerprint density at radius 1 is 1.12 bits per heavy atom. The summed E-state index contributed by atoms with van der Waals surface area (Å²) in [6.07, 6.45) is 3.06. The van der Waals surface area contributed by atoms with Crippen LogP contribution in [0, 0.1) is 6.92 Å². The molecule has 0 atom stereocenters. The second kappa shape index (κ2) is 8.40. The Kier molecular flexibility index (Phi) is 6.50. The highest BCUT2D eigenvalue weighted by Crippen LogP contribution is 2.22. The lowest BCUT2D eigenvalue weighted by molar-refractivity contribution is -0.143. The number of carbonyl (C=O) groups excluding carboxylic acids is 1. The summed E-state index contributed by atoms with van der Waals surface area (Å²) in [5.41, 5.74) is 2.10. The lowest BCUT2D eigenvalue weighted by atomic mass is 10.2. The SMILES string of the molecule is CSc1ccc(COC(=O)CN(c2ccccc2C)S(C)(=O)=O)cc1. The maximum Gasteiger partial charge on any atom is 0.327 e. The standard InChI is InChI=1S/C18H21NO4S2/c1-14-6-4-5-7-17(14)19(25(3,21)22)12-18(20)23-13-15-8-10-16(24-2)11-9-15/h4-11H,12-13H2,1-3H3. The fourth-order valence-electron chi connectivity index (χ4n) is 2.27. The minimum atomic E-state index is -3.60. The van der Waals surface area contributed by atoms with Crippen LogP contribution in [-0.4, -0.2) is 33.4 Å². The quantitative estimate of drug-likeness (QED) is 0.546. The van der Waals surface area contributed by atoms with E-state index in [0.717, 1.165) is 26.6 Å². The zero-order valence-electron chi connectivity index (χ0n) is 14.4. The van der Waals surface area contributed by atoms with Gasteiger partial charge in [-0.2, -0.15) is 0 Å². The molecule has 25 heavy (non-hydrogen) atoms. The molecule has 0 aliphatic heterocycles. The van der Waals surface area contributed by atoms with Crippen molar-refractivity contribution in [3.8, 4) is 0 Å².